The maximum Gasteiger partial charge on any atom is 0.295 e. The molecule has 13 heavy (non-hydrogen) atoms. The van der Waals surface area contributed by atoms with E-state index in [0.29, 0.717) is 5.75 Å². The average molecular weight is 211 g/mol. The fourth-order valence-corrected chi connectivity index (χ4v) is 0.809. The van der Waals surface area contributed by atoms with Crippen LogP contribution in [0.4, 0.5) is 11.4 Å². The van der Waals surface area contributed by atoms with E-state index in [2.05, 4.69) is 0 Å². The summed E-state index contributed by atoms with van der Waals surface area (Å²) >= 11 is 0. The second-order valence-electron chi connectivity index (χ2n) is 2.18. The molecular formula is C7H9ClN2O3. The molecule has 0 saturated heterocycles. The van der Waals surface area contributed by atoms with Crippen LogP contribution < -0.4 is 10.5 Å². The molecule has 0 fully saturated rings. The fraction of sp³-hybridized carbons (Fsp3) is 0.143. The summed E-state index contributed by atoms with van der Waals surface area (Å²) in [6, 6.07) is 4.30. The second-order valence-corrected chi connectivity index (χ2v) is 2.18. The Labute approximate surface area is 81.1 Å². The number of benzene rings is 1. The van der Waals surface area contributed by atoms with Gasteiger partial charge in [0.05, 0.1) is 18.1 Å². The maximum atomic E-state index is 10.4. The van der Waals surface area contributed by atoms with E-state index < -0.39 is 4.92 Å². The Balaban J connectivity index is 0.00000144. The van der Waals surface area contributed by atoms with Crippen molar-refractivity contribution in [3.63, 3.8) is 0 Å². The van der Waals surface area contributed by atoms with Gasteiger partial charge in [-0.2, -0.15) is 0 Å². The van der Waals surface area contributed by atoms with E-state index in [1.54, 1.807) is 6.07 Å². The summed E-state index contributed by atoms with van der Waals surface area (Å²) in [6.07, 6.45) is 0. The van der Waals surface area contributed by atoms with Gasteiger partial charge in [0.1, 0.15) is 11.4 Å². The molecule has 2 N–H and O–H groups in total. The van der Waals surface area contributed by atoms with E-state index >= 15 is 0 Å². The van der Waals surface area contributed by atoms with E-state index in [-0.39, 0.29) is 23.8 Å². The number of hydrogen-bond acceptors (Lipinski definition) is 4. The number of nitrogens with two attached hydrogens (primary N) is 1. The monoisotopic (exact) mass is 210 g/mol. The Morgan fingerprint density at radius 3 is 2.62 bits per heavy atom. The molecule has 0 spiro atoms. The quantitative estimate of drug-likeness (QED) is 0.457. The minimum atomic E-state index is -0.544. The Bertz CT molecular complexity index is 317. The first-order chi connectivity index (χ1) is 5.65. The van der Waals surface area contributed by atoms with Crippen molar-refractivity contribution in [1.82, 2.24) is 0 Å². The molecule has 0 amide bonds. The van der Waals surface area contributed by atoms with Crippen molar-refractivity contribution in [2.75, 3.05) is 12.8 Å². The van der Waals surface area contributed by atoms with Crippen molar-refractivity contribution in [3.8, 4) is 5.75 Å². The van der Waals surface area contributed by atoms with Gasteiger partial charge in [0.25, 0.3) is 5.69 Å². The molecule has 0 aliphatic heterocycles. The van der Waals surface area contributed by atoms with Crippen LogP contribution in [0.1, 0.15) is 0 Å². The molecule has 6 heteroatoms. The highest BCUT2D eigenvalue weighted by molar-refractivity contribution is 5.85. The molecule has 0 saturated carbocycles. The fourth-order valence-electron chi connectivity index (χ4n) is 0.809. The van der Waals surface area contributed by atoms with Gasteiger partial charge in [-0.05, 0) is 12.1 Å². The predicted molar refractivity (Wildman–Crippen MR) is 51.3 cm³/mol. The van der Waals surface area contributed by atoms with Crippen LogP contribution in [0.25, 0.3) is 0 Å². The lowest BCUT2D eigenvalue weighted by Gasteiger charge is -2.00. The zero-order chi connectivity index (χ0) is 9.14. The third kappa shape index (κ3) is 2.48. The van der Waals surface area contributed by atoms with Crippen molar-refractivity contribution in [2.24, 2.45) is 0 Å². The number of nitrogens with zero attached hydrogens (tertiary/aromatic N) is 1. The van der Waals surface area contributed by atoms with Crippen LogP contribution >= 0.6 is 12.4 Å². The molecular weight excluding hydrogens is 201 g/mol. The number of nitro groups is 1. The number of nitro benzene ring substituents is 1. The Morgan fingerprint density at radius 1 is 1.54 bits per heavy atom. The first kappa shape index (κ1) is 11.5. The molecule has 72 valence electrons. The molecule has 0 unspecified atom stereocenters. The normalized spacial score (nSPS) is 8.69. The van der Waals surface area contributed by atoms with Crippen LogP contribution in [0.2, 0.25) is 0 Å². The van der Waals surface area contributed by atoms with E-state index in [1.165, 1.54) is 19.2 Å². The van der Waals surface area contributed by atoms with Gasteiger partial charge in [-0.25, -0.2) is 0 Å². The summed E-state index contributed by atoms with van der Waals surface area (Å²) in [4.78, 5) is 9.82. The Kier molecular flexibility index (Phi) is 4.00. The molecule has 0 atom stereocenters. The third-order valence-corrected chi connectivity index (χ3v) is 1.43. The van der Waals surface area contributed by atoms with E-state index in [1.807, 2.05) is 0 Å². The van der Waals surface area contributed by atoms with Gasteiger partial charge in [0, 0.05) is 0 Å². The van der Waals surface area contributed by atoms with Crippen molar-refractivity contribution in [1.29, 1.82) is 0 Å². The minimum absolute atomic E-state index is 0. The summed E-state index contributed by atoms with van der Waals surface area (Å²) in [5, 5.41) is 10.4. The van der Waals surface area contributed by atoms with Gasteiger partial charge < -0.3 is 10.5 Å². The first-order valence-electron chi connectivity index (χ1n) is 3.23. The molecule has 1 rings (SSSR count). The van der Waals surface area contributed by atoms with Gasteiger partial charge >= 0.3 is 0 Å². The number of ether oxygens (including phenoxy) is 1. The van der Waals surface area contributed by atoms with E-state index in [0.717, 1.165) is 0 Å². The Hall–Kier alpha value is -1.49. The smallest absolute Gasteiger partial charge is 0.295 e. The zero-order valence-corrected chi connectivity index (χ0v) is 7.71. The topological polar surface area (TPSA) is 78.4 Å². The molecule has 0 heterocycles. The van der Waals surface area contributed by atoms with E-state index in [9.17, 15) is 10.1 Å². The van der Waals surface area contributed by atoms with Gasteiger partial charge in [-0.15, -0.1) is 12.4 Å². The lowest BCUT2D eigenvalue weighted by molar-refractivity contribution is -0.384. The predicted octanol–water partition coefficient (Wildman–Crippen LogP) is 1.61. The van der Waals surface area contributed by atoms with Crippen LogP contribution in [0.15, 0.2) is 18.2 Å². The molecule has 0 bridgehead atoms. The lowest BCUT2D eigenvalue weighted by Crippen LogP contribution is -1.95. The van der Waals surface area contributed by atoms with Crippen LogP contribution in [-0.2, 0) is 0 Å². The van der Waals surface area contributed by atoms with Crippen molar-refractivity contribution < 1.29 is 9.66 Å². The van der Waals surface area contributed by atoms with Gasteiger partial charge in [-0.3, -0.25) is 10.1 Å². The molecule has 1 aromatic carbocycles. The number of hydrogen-bond donors (Lipinski definition) is 1. The van der Waals surface area contributed by atoms with Crippen LogP contribution in [0, 0.1) is 10.1 Å². The molecule has 0 aliphatic carbocycles. The summed E-state index contributed by atoms with van der Waals surface area (Å²) < 4.78 is 4.80. The second kappa shape index (κ2) is 4.51. The minimum Gasteiger partial charge on any atom is -0.496 e. The van der Waals surface area contributed by atoms with Crippen molar-refractivity contribution >= 4 is 23.8 Å². The van der Waals surface area contributed by atoms with Gasteiger partial charge in [0.2, 0.25) is 0 Å². The average Bonchev–Trinajstić information content (AvgIpc) is 2.05. The third-order valence-electron chi connectivity index (χ3n) is 1.43. The summed E-state index contributed by atoms with van der Waals surface area (Å²) in [5.74, 6) is 0.427. The van der Waals surface area contributed by atoms with Crippen LogP contribution in [0.5, 0.6) is 5.75 Å². The molecule has 1 aromatic rings. The lowest BCUT2D eigenvalue weighted by atomic mass is 11.2. The zero-order valence-electron chi connectivity index (χ0n) is 6.89. The highest BCUT2D eigenvalue weighted by Gasteiger charge is 2.11. The van der Waals surface area contributed by atoms with Gasteiger partial charge in [0.15, 0.2) is 0 Å². The first-order valence-corrected chi connectivity index (χ1v) is 3.23. The van der Waals surface area contributed by atoms with Gasteiger partial charge in [-0.1, -0.05) is 0 Å². The molecule has 0 aliphatic rings. The highest BCUT2D eigenvalue weighted by Crippen LogP contribution is 2.25. The summed E-state index contributed by atoms with van der Waals surface area (Å²) in [6.45, 7) is 0. The standard InChI is InChI=1S/C7H8N2O3.ClH/c1-12-5-2-3-6(8)7(4-5)9(10)11;/h2-4H,8H2,1H3;1H/i2+1,3+1,4+1,5+1,6+1,7+1;. The number of rotatable bonds is 2. The maximum absolute atomic E-state index is 10.4. The molecule has 0 aromatic heterocycles. The number of halogens is 1. The molecule has 0 radical (unpaired) electrons. The number of methoxy groups -OCH3 is 1. The van der Waals surface area contributed by atoms with Crippen LogP contribution in [0.3, 0.4) is 0 Å². The number of anilines is 1. The molecule has 5 nitrogen and oxygen atoms in total. The highest BCUT2D eigenvalue weighted by atomic mass is 35.5. The van der Waals surface area contributed by atoms with E-state index in [4.69, 9.17) is 10.5 Å². The largest absolute Gasteiger partial charge is 0.496 e. The van der Waals surface area contributed by atoms with Crippen molar-refractivity contribution in [3.05, 3.63) is 28.3 Å². The number of nitrogen functional groups attached to an aromatic ring is 1. The summed E-state index contributed by atoms with van der Waals surface area (Å²) in [5.41, 5.74) is 5.36. The Morgan fingerprint density at radius 2 is 2.15 bits per heavy atom. The summed E-state index contributed by atoms with van der Waals surface area (Å²) in [7, 11) is 1.44. The SMILES string of the molecule is CO[13c]1[13cH][13cH][13c](N)[13c]([N+](=O)[O-])[13cH]1.Cl. The van der Waals surface area contributed by atoms with Crippen molar-refractivity contribution in [2.45, 2.75) is 0 Å². The van der Waals surface area contributed by atoms with Crippen LogP contribution in [-0.4, -0.2) is 12.0 Å².